The summed E-state index contributed by atoms with van der Waals surface area (Å²) in [6.45, 7) is 1.94. The molecule has 1 saturated carbocycles. The van der Waals surface area contributed by atoms with Crippen molar-refractivity contribution in [2.75, 3.05) is 32.7 Å². The standard InChI is InChI=1S/C15H25F2N5O2S/c1-20-10-13(19-12-20)25(23,24)22-8-6-21(7-9-22)14(11-18)2-4-15(16,17)5-3-14/h10,12H,2-9,11,18H2,1H3. The number of aromatic nitrogens is 2. The van der Waals surface area contributed by atoms with Gasteiger partial charge in [0.25, 0.3) is 10.0 Å². The highest BCUT2D eigenvalue weighted by molar-refractivity contribution is 7.89. The lowest BCUT2D eigenvalue weighted by molar-refractivity contribution is -0.0841. The Balaban J connectivity index is 1.67. The topological polar surface area (TPSA) is 84.5 Å². The molecule has 7 nitrogen and oxygen atoms in total. The molecule has 1 aromatic heterocycles. The fourth-order valence-corrected chi connectivity index (χ4v) is 5.18. The maximum atomic E-state index is 13.5. The van der Waals surface area contributed by atoms with Crippen LogP contribution in [-0.4, -0.2) is 71.4 Å². The normalized spacial score (nSPS) is 25.1. The van der Waals surface area contributed by atoms with E-state index in [2.05, 4.69) is 9.88 Å². The zero-order chi connectivity index (χ0) is 18.3. The molecular weight excluding hydrogens is 352 g/mol. The van der Waals surface area contributed by atoms with E-state index in [0.29, 0.717) is 45.6 Å². The molecular formula is C15H25F2N5O2S. The maximum absolute atomic E-state index is 13.5. The number of nitrogens with two attached hydrogens (primary N) is 1. The predicted molar refractivity (Wildman–Crippen MR) is 88.7 cm³/mol. The minimum absolute atomic E-state index is 0.0364. The Morgan fingerprint density at radius 1 is 1.16 bits per heavy atom. The van der Waals surface area contributed by atoms with Crippen LogP contribution < -0.4 is 5.73 Å². The molecule has 0 unspecified atom stereocenters. The van der Waals surface area contributed by atoms with Crippen molar-refractivity contribution in [1.29, 1.82) is 0 Å². The molecule has 0 spiro atoms. The predicted octanol–water partition coefficient (Wildman–Crippen LogP) is 0.633. The first-order chi connectivity index (χ1) is 11.7. The van der Waals surface area contributed by atoms with Gasteiger partial charge in [0.15, 0.2) is 5.03 Å². The van der Waals surface area contributed by atoms with Crippen LogP contribution in [0.4, 0.5) is 8.78 Å². The second-order valence-corrected chi connectivity index (χ2v) is 8.94. The second-order valence-electron chi connectivity index (χ2n) is 7.05. The van der Waals surface area contributed by atoms with Crippen LogP contribution in [0.2, 0.25) is 0 Å². The number of halogens is 2. The minimum atomic E-state index is -3.62. The molecule has 3 rings (SSSR count). The number of rotatable bonds is 4. The molecule has 1 saturated heterocycles. The van der Waals surface area contributed by atoms with Gasteiger partial charge in [-0.2, -0.15) is 4.31 Å². The highest BCUT2D eigenvalue weighted by Crippen LogP contribution is 2.41. The van der Waals surface area contributed by atoms with Gasteiger partial charge in [-0.25, -0.2) is 22.2 Å². The van der Waals surface area contributed by atoms with E-state index in [1.165, 1.54) is 16.8 Å². The van der Waals surface area contributed by atoms with Crippen LogP contribution in [0.25, 0.3) is 0 Å². The van der Waals surface area contributed by atoms with E-state index in [9.17, 15) is 17.2 Å². The Labute approximate surface area is 146 Å². The number of nitrogens with zero attached hydrogens (tertiary/aromatic N) is 4. The summed E-state index contributed by atoms with van der Waals surface area (Å²) in [7, 11) is -1.90. The summed E-state index contributed by atoms with van der Waals surface area (Å²) >= 11 is 0. The Kier molecular flexibility index (Phi) is 4.91. The number of alkyl halides is 2. The molecule has 1 aliphatic carbocycles. The highest BCUT2D eigenvalue weighted by atomic mass is 32.2. The third kappa shape index (κ3) is 3.57. The molecule has 142 valence electrons. The molecule has 2 aliphatic rings. The smallest absolute Gasteiger partial charge is 0.262 e. The third-order valence-electron chi connectivity index (χ3n) is 5.49. The van der Waals surface area contributed by atoms with Gasteiger partial charge in [-0.1, -0.05) is 0 Å². The van der Waals surface area contributed by atoms with Crippen molar-refractivity contribution in [3.63, 3.8) is 0 Å². The Morgan fingerprint density at radius 2 is 1.76 bits per heavy atom. The van der Waals surface area contributed by atoms with Gasteiger partial charge < -0.3 is 10.3 Å². The minimum Gasteiger partial charge on any atom is -0.339 e. The van der Waals surface area contributed by atoms with Gasteiger partial charge in [0.1, 0.15) is 0 Å². The molecule has 1 aromatic rings. The zero-order valence-electron chi connectivity index (χ0n) is 14.4. The number of sulfonamides is 1. The van der Waals surface area contributed by atoms with Crippen LogP contribution in [-0.2, 0) is 17.1 Å². The number of aryl methyl sites for hydroxylation is 1. The Morgan fingerprint density at radius 3 is 2.24 bits per heavy atom. The van der Waals surface area contributed by atoms with Crippen LogP contribution in [0.3, 0.4) is 0 Å². The van der Waals surface area contributed by atoms with Crippen molar-refractivity contribution in [2.45, 2.75) is 42.2 Å². The van der Waals surface area contributed by atoms with Gasteiger partial charge in [0, 0.05) is 64.3 Å². The maximum Gasteiger partial charge on any atom is 0.262 e. The van der Waals surface area contributed by atoms with Crippen molar-refractivity contribution in [1.82, 2.24) is 18.8 Å². The summed E-state index contributed by atoms with van der Waals surface area (Å²) in [6, 6.07) is 0. The molecule has 2 N–H and O–H groups in total. The van der Waals surface area contributed by atoms with Crippen molar-refractivity contribution in [2.24, 2.45) is 12.8 Å². The third-order valence-corrected chi connectivity index (χ3v) is 7.27. The van der Waals surface area contributed by atoms with Gasteiger partial charge in [-0.3, -0.25) is 4.90 Å². The van der Waals surface area contributed by atoms with E-state index >= 15 is 0 Å². The summed E-state index contributed by atoms with van der Waals surface area (Å²) in [5.74, 6) is -2.61. The first kappa shape index (κ1) is 18.7. The van der Waals surface area contributed by atoms with Crippen LogP contribution in [0.1, 0.15) is 25.7 Å². The number of hydrogen-bond donors (Lipinski definition) is 1. The first-order valence-corrected chi connectivity index (χ1v) is 9.94. The lowest BCUT2D eigenvalue weighted by Gasteiger charge is -2.50. The molecule has 2 fully saturated rings. The van der Waals surface area contributed by atoms with E-state index in [1.54, 1.807) is 11.6 Å². The fourth-order valence-electron chi connectivity index (χ4n) is 3.79. The lowest BCUT2D eigenvalue weighted by atomic mass is 9.78. The molecule has 0 atom stereocenters. The van der Waals surface area contributed by atoms with Gasteiger partial charge in [0.05, 0.1) is 6.33 Å². The van der Waals surface area contributed by atoms with E-state index in [-0.39, 0.29) is 17.9 Å². The summed E-state index contributed by atoms with van der Waals surface area (Å²) in [6.07, 6.45) is 3.32. The first-order valence-electron chi connectivity index (χ1n) is 8.50. The van der Waals surface area contributed by atoms with E-state index in [4.69, 9.17) is 5.73 Å². The van der Waals surface area contributed by atoms with Crippen LogP contribution in [0.5, 0.6) is 0 Å². The zero-order valence-corrected chi connectivity index (χ0v) is 15.2. The average molecular weight is 377 g/mol. The summed E-state index contributed by atoms with van der Waals surface area (Å²) < 4.78 is 55.3. The summed E-state index contributed by atoms with van der Waals surface area (Å²) in [5, 5.41) is 0.0364. The molecule has 0 aromatic carbocycles. The molecule has 0 radical (unpaired) electrons. The van der Waals surface area contributed by atoms with Crippen LogP contribution in [0.15, 0.2) is 17.6 Å². The fraction of sp³-hybridized carbons (Fsp3) is 0.800. The number of hydrogen-bond acceptors (Lipinski definition) is 5. The largest absolute Gasteiger partial charge is 0.339 e. The molecule has 0 bridgehead atoms. The van der Waals surface area contributed by atoms with E-state index in [1.807, 2.05) is 0 Å². The number of piperazine rings is 1. The monoisotopic (exact) mass is 377 g/mol. The van der Waals surface area contributed by atoms with Crippen LogP contribution >= 0.6 is 0 Å². The Hall–Kier alpha value is -1.10. The van der Waals surface area contributed by atoms with E-state index in [0.717, 1.165) is 0 Å². The number of imidazole rings is 1. The second kappa shape index (κ2) is 6.57. The van der Waals surface area contributed by atoms with Crippen molar-refractivity contribution < 1.29 is 17.2 Å². The summed E-state index contributed by atoms with van der Waals surface area (Å²) in [4.78, 5) is 6.04. The summed E-state index contributed by atoms with van der Waals surface area (Å²) in [5.41, 5.74) is 5.50. The lowest BCUT2D eigenvalue weighted by Crippen LogP contribution is -2.62. The van der Waals surface area contributed by atoms with Gasteiger partial charge in [-0.05, 0) is 12.8 Å². The van der Waals surface area contributed by atoms with Crippen molar-refractivity contribution in [3.05, 3.63) is 12.5 Å². The molecule has 10 heteroatoms. The quantitative estimate of drug-likeness (QED) is 0.832. The van der Waals surface area contributed by atoms with Gasteiger partial charge in [0.2, 0.25) is 5.92 Å². The molecule has 2 heterocycles. The van der Waals surface area contributed by atoms with Gasteiger partial charge >= 0.3 is 0 Å². The molecule has 0 amide bonds. The van der Waals surface area contributed by atoms with Crippen LogP contribution in [0, 0.1) is 0 Å². The highest BCUT2D eigenvalue weighted by Gasteiger charge is 2.47. The molecule has 25 heavy (non-hydrogen) atoms. The van der Waals surface area contributed by atoms with E-state index < -0.39 is 21.5 Å². The Bertz CT molecular complexity index is 703. The molecule has 1 aliphatic heterocycles. The van der Waals surface area contributed by atoms with Crippen molar-refractivity contribution >= 4 is 10.0 Å². The average Bonchev–Trinajstić information content (AvgIpc) is 3.03. The van der Waals surface area contributed by atoms with Gasteiger partial charge in [-0.15, -0.1) is 0 Å². The van der Waals surface area contributed by atoms with Crippen molar-refractivity contribution in [3.8, 4) is 0 Å². The SMILES string of the molecule is Cn1cnc(S(=O)(=O)N2CCN(C3(CN)CCC(F)(F)CC3)CC2)c1.